The third-order valence-corrected chi connectivity index (χ3v) is 4.74. The largest absolute Gasteiger partial charge is 0.369 e. The van der Waals surface area contributed by atoms with E-state index in [2.05, 4.69) is 12.2 Å². The minimum atomic E-state index is -1.88. The molecule has 0 aliphatic rings. The average molecular weight is 403 g/mol. The van der Waals surface area contributed by atoms with E-state index in [-0.39, 0.29) is 5.91 Å². The Labute approximate surface area is 162 Å². The molecule has 6 heteroatoms. The molecule has 0 aliphatic carbocycles. The highest BCUT2D eigenvalue weighted by Gasteiger charge is 2.31. The molecule has 0 aromatic rings. The lowest BCUT2D eigenvalue weighted by Gasteiger charge is -2.19. The van der Waals surface area contributed by atoms with Crippen LogP contribution in [0.15, 0.2) is 0 Å². The van der Waals surface area contributed by atoms with Crippen molar-refractivity contribution in [2.75, 3.05) is 0 Å². The summed E-state index contributed by atoms with van der Waals surface area (Å²) >= 11 is 16.4. The fourth-order valence-electron chi connectivity index (χ4n) is 2.61. The van der Waals surface area contributed by atoms with Gasteiger partial charge < -0.3 is 10.4 Å². The molecule has 0 rings (SSSR count). The van der Waals surface area contributed by atoms with Crippen molar-refractivity contribution >= 4 is 40.7 Å². The van der Waals surface area contributed by atoms with Crippen LogP contribution in [-0.4, -0.2) is 21.0 Å². The van der Waals surface area contributed by atoms with Gasteiger partial charge in [-0.3, -0.25) is 4.79 Å². The molecule has 0 heterocycles. The van der Waals surface area contributed by atoms with E-state index in [1.165, 1.54) is 64.2 Å². The van der Waals surface area contributed by atoms with Gasteiger partial charge in [0.2, 0.25) is 9.70 Å². The van der Waals surface area contributed by atoms with Gasteiger partial charge in [-0.2, -0.15) is 0 Å². The molecule has 0 aromatic carbocycles. The summed E-state index contributed by atoms with van der Waals surface area (Å²) in [5.74, 6) is -0.281. The van der Waals surface area contributed by atoms with Crippen LogP contribution in [0.2, 0.25) is 0 Å². The Morgan fingerprint density at radius 1 is 0.833 bits per heavy atom. The number of carbonyl (C=O) groups excluding carboxylic acids is 1. The highest BCUT2D eigenvalue weighted by atomic mass is 35.6. The van der Waals surface area contributed by atoms with Gasteiger partial charge in [-0.15, -0.1) is 0 Å². The van der Waals surface area contributed by atoms with Crippen LogP contribution >= 0.6 is 34.8 Å². The minimum absolute atomic E-state index is 0.281. The van der Waals surface area contributed by atoms with Crippen LogP contribution in [0.5, 0.6) is 0 Å². The molecule has 0 unspecified atom stereocenters. The van der Waals surface area contributed by atoms with E-state index in [1.54, 1.807) is 0 Å². The first-order chi connectivity index (χ1) is 11.4. The Bertz CT molecular complexity index is 309. The molecule has 0 spiro atoms. The molecule has 2 N–H and O–H groups in total. The third-order valence-electron chi connectivity index (χ3n) is 4.12. The molecule has 3 nitrogen and oxygen atoms in total. The van der Waals surface area contributed by atoms with Crippen molar-refractivity contribution in [3.8, 4) is 0 Å². The van der Waals surface area contributed by atoms with Crippen molar-refractivity contribution in [3.63, 3.8) is 0 Å². The maximum absolute atomic E-state index is 11.6. The Morgan fingerprint density at radius 3 is 1.58 bits per heavy atom. The van der Waals surface area contributed by atoms with E-state index >= 15 is 0 Å². The third kappa shape index (κ3) is 15.8. The lowest BCUT2D eigenvalue weighted by atomic mass is 10.0. The Balaban J connectivity index is 3.29. The number of hydrogen-bond donors (Lipinski definition) is 2. The van der Waals surface area contributed by atoms with Gasteiger partial charge in [-0.1, -0.05) is 119 Å². The molecule has 0 aromatic heterocycles. The van der Waals surface area contributed by atoms with Crippen LogP contribution < -0.4 is 5.32 Å². The van der Waals surface area contributed by atoms with Crippen molar-refractivity contribution in [2.45, 2.75) is 107 Å². The molecule has 1 amide bonds. The molecule has 0 aliphatic heterocycles. The van der Waals surface area contributed by atoms with Crippen molar-refractivity contribution in [3.05, 3.63) is 0 Å². The smallest absolute Gasteiger partial charge is 0.234 e. The number of rotatable bonds is 15. The Hall–Kier alpha value is 0.300. The van der Waals surface area contributed by atoms with Crippen molar-refractivity contribution in [1.82, 2.24) is 5.32 Å². The van der Waals surface area contributed by atoms with Crippen LogP contribution in [-0.2, 0) is 4.79 Å². The van der Waals surface area contributed by atoms with Crippen molar-refractivity contribution in [2.24, 2.45) is 0 Å². The fourth-order valence-corrected chi connectivity index (χ4v) is 2.77. The van der Waals surface area contributed by atoms with Crippen LogP contribution in [0.4, 0.5) is 0 Å². The van der Waals surface area contributed by atoms with Gasteiger partial charge in [0.05, 0.1) is 0 Å². The zero-order chi connectivity index (χ0) is 18.3. The summed E-state index contributed by atoms with van der Waals surface area (Å²) in [5.41, 5.74) is 0. The van der Waals surface area contributed by atoms with Gasteiger partial charge in [0, 0.05) is 6.42 Å². The second kappa shape index (κ2) is 15.5. The maximum Gasteiger partial charge on any atom is 0.234 e. The van der Waals surface area contributed by atoms with E-state index in [9.17, 15) is 9.90 Å². The van der Waals surface area contributed by atoms with Gasteiger partial charge >= 0.3 is 0 Å². The molecule has 144 valence electrons. The predicted molar refractivity (Wildman–Crippen MR) is 105 cm³/mol. The van der Waals surface area contributed by atoms with Gasteiger partial charge in [-0.25, -0.2) is 0 Å². The number of alkyl halides is 3. The fraction of sp³-hybridized carbons (Fsp3) is 0.944. The van der Waals surface area contributed by atoms with Gasteiger partial charge in [-0.05, 0) is 6.42 Å². The van der Waals surface area contributed by atoms with E-state index in [0.717, 1.165) is 19.3 Å². The number of aliphatic hydroxyl groups is 1. The van der Waals surface area contributed by atoms with Crippen LogP contribution in [0.25, 0.3) is 0 Å². The monoisotopic (exact) mass is 401 g/mol. The molecule has 24 heavy (non-hydrogen) atoms. The topological polar surface area (TPSA) is 49.3 Å². The van der Waals surface area contributed by atoms with Crippen molar-refractivity contribution < 1.29 is 9.90 Å². The second-order valence-electron chi connectivity index (χ2n) is 6.50. The molecule has 0 saturated carbocycles. The zero-order valence-electron chi connectivity index (χ0n) is 15.0. The van der Waals surface area contributed by atoms with Crippen LogP contribution in [0.3, 0.4) is 0 Å². The number of aliphatic hydroxyl groups excluding tert-OH is 1. The SMILES string of the molecule is CCCCCCCCCCCCCCCC(=O)N[C@H](O)C(Cl)(Cl)Cl. The van der Waals surface area contributed by atoms with E-state index in [0.29, 0.717) is 6.42 Å². The summed E-state index contributed by atoms with van der Waals surface area (Å²) in [7, 11) is 0. The van der Waals surface area contributed by atoms with Gasteiger partial charge in [0.15, 0.2) is 6.23 Å². The summed E-state index contributed by atoms with van der Waals surface area (Å²) in [5, 5.41) is 11.7. The van der Waals surface area contributed by atoms with Gasteiger partial charge in [0.25, 0.3) is 0 Å². The summed E-state index contributed by atoms with van der Waals surface area (Å²) in [4.78, 5) is 11.6. The highest BCUT2D eigenvalue weighted by molar-refractivity contribution is 6.68. The lowest BCUT2D eigenvalue weighted by Crippen LogP contribution is -2.43. The normalized spacial score (nSPS) is 13.0. The predicted octanol–water partition coefficient (Wildman–Crippen LogP) is 6.27. The minimum Gasteiger partial charge on any atom is -0.369 e. The Morgan fingerprint density at radius 2 is 1.21 bits per heavy atom. The number of halogens is 3. The summed E-state index contributed by atoms with van der Waals surface area (Å²) in [6, 6.07) is 0. The number of carbonyl (C=O) groups is 1. The Kier molecular flexibility index (Phi) is 15.7. The average Bonchev–Trinajstić information content (AvgIpc) is 2.51. The zero-order valence-corrected chi connectivity index (χ0v) is 17.2. The van der Waals surface area contributed by atoms with Gasteiger partial charge in [0.1, 0.15) is 0 Å². The summed E-state index contributed by atoms with van der Waals surface area (Å²) in [6.07, 6.45) is 15.3. The lowest BCUT2D eigenvalue weighted by molar-refractivity contribution is -0.124. The molecule has 0 fully saturated rings. The van der Waals surface area contributed by atoms with Crippen LogP contribution in [0.1, 0.15) is 96.8 Å². The quantitative estimate of drug-likeness (QED) is 0.192. The molecule has 0 saturated heterocycles. The summed E-state index contributed by atoms with van der Waals surface area (Å²) < 4.78 is -1.88. The van der Waals surface area contributed by atoms with E-state index in [1.807, 2.05) is 0 Å². The summed E-state index contributed by atoms with van der Waals surface area (Å²) in [6.45, 7) is 2.25. The number of amides is 1. The van der Waals surface area contributed by atoms with E-state index in [4.69, 9.17) is 34.8 Å². The molecule has 0 bridgehead atoms. The van der Waals surface area contributed by atoms with Crippen LogP contribution in [0, 0.1) is 0 Å². The van der Waals surface area contributed by atoms with E-state index < -0.39 is 10.0 Å². The van der Waals surface area contributed by atoms with Crippen molar-refractivity contribution in [1.29, 1.82) is 0 Å². The number of unbranched alkanes of at least 4 members (excludes halogenated alkanes) is 12. The number of nitrogens with one attached hydrogen (secondary N) is 1. The molecular formula is C18H34Cl3NO2. The first-order valence-electron chi connectivity index (χ1n) is 9.42. The first kappa shape index (κ1) is 24.3. The molecule has 0 radical (unpaired) electrons. The standard InChI is InChI=1S/C18H34Cl3NO2/c1-2-3-4-5-6-7-8-9-10-11-12-13-14-15-16(23)22-17(24)18(19,20)21/h17,24H,2-15H2,1H3,(H,22,23)/t17-/m1/s1. The first-order valence-corrected chi connectivity index (χ1v) is 10.6. The molecule has 1 atom stereocenters. The molecular weight excluding hydrogens is 369 g/mol. The second-order valence-corrected chi connectivity index (χ2v) is 8.87. The number of hydrogen-bond acceptors (Lipinski definition) is 2. The highest BCUT2D eigenvalue weighted by Crippen LogP contribution is 2.28. The maximum atomic E-state index is 11.6.